The van der Waals surface area contributed by atoms with Crippen LogP contribution in [0.1, 0.15) is 85.5 Å². The number of imidazole rings is 2. The van der Waals surface area contributed by atoms with Gasteiger partial charge in [0, 0.05) is 13.2 Å². The Morgan fingerprint density at radius 1 is 0.630 bits per heavy atom. The summed E-state index contributed by atoms with van der Waals surface area (Å²) in [6.07, 6.45) is 11.3. The van der Waals surface area contributed by atoms with Crippen molar-refractivity contribution in [2.24, 2.45) is 0 Å². The summed E-state index contributed by atoms with van der Waals surface area (Å²) < 4.78 is 59.8. The molecule has 1 unspecified atom stereocenters. The maximum atomic E-state index is 12.9. The zero-order valence-corrected chi connectivity index (χ0v) is 62.4. The molecule has 0 bridgehead atoms. The Hall–Kier alpha value is -6.12. The number of unbranched alkanes of at least 4 members (excludes halogenated alkanes) is 1. The Labute approximate surface area is 624 Å². The van der Waals surface area contributed by atoms with Gasteiger partial charge in [-0.2, -0.15) is 6.42 Å². The number of aliphatic hydroxyl groups is 1. The zero-order chi connectivity index (χ0) is 69.9. The number of nitrogens with one attached hydrogen (secondary N) is 1. The number of hydrogen-bond acceptors (Lipinski definition) is 20. The van der Waals surface area contributed by atoms with Crippen molar-refractivity contribution >= 4 is 80.7 Å². The second-order valence-corrected chi connectivity index (χ2v) is 26.9. The number of esters is 1. The molecular formula is C75H86BrLiN8O11S4. The predicted molar refractivity (Wildman–Crippen MR) is 392 cm³/mol. The maximum absolute atomic E-state index is 12.9. The van der Waals surface area contributed by atoms with Crippen LogP contribution in [-0.2, 0) is 92.9 Å². The van der Waals surface area contributed by atoms with E-state index in [4.69, 9.17) is 59.9 Å². The maximum Gasteiger partial charge on any atom is 1.00 e. The van der Waals surface area contributed by atoms with Gasteiger partial charge in [0.15, 0.2) is 38.4 Å². The molecule has 524 valence electrons. The number of rotatable bonds is 25. The number of aromatic nitrogens is 8. The van der Waals surface area contributed by atoms with Crippen LogP contribution in [0.25, 0.3) is 11.3 Å². The van der Waals surface area contributed by atoms with E-state index in [0.29, 0.717) is 51.6 Å². The molecule has 0 amide bonds. The molecule has 0 aliphatic carbocycles. The van der Waals surface area contributed by atoms with Gasteiger partial charge in [-0.25, -0.2) is 33.8 Å². The van der Waals surface area contributed by atoms with Gasteiger partial charge in [0.05, 0.1) is 65.2 Å². The van der Waals surface area contributed by atoms with E-state index in [9.17, 15) is 9.90 Å². The molecule has 0 spiro atoms. The number of fused-ring (bicyclic) bond motifs is 2. The van der Waals surface area contributed by atoms with Gasteiger partial charge in [-0.05, 0) is 94.8 Å². The second-order valence-electron chi connectivity index (χ2n) is 23.4. The van der Waals surface area contributed by atoms with Crippen molar-refractivity contribution in [1.29, 1.82) is 0 Å². The van der Waals surface area contributed by atoms with Crippen LogP contribution in [-0.4, -0.2) is 131 Å². The van der Waals surface area contributed by atoms with E-state index in [0.717, 1.165) is 62.8 Å². The molecule has 0 saturated carbocycles. The average molecular weight is 1490 g/mol. The number of cyclic esters (lactones) is 1. The van der Waals surface area contributed by atoms with Gasteiger partial charge in [-0.15, -0.1) is 16.9 Å². The summed E-state index contributed by atoms with van der Waals surface area (Å²) in [6, 6.07) is 59.2. The number of halogens is 1. The van der Waals surface area contributed by atoms with E-state index in [-0.39, 0.29) is 51.9 Å². The van der Waals surface area contributed by atoms with Crippen molar-refractivity contribution in [2.45, 2.75) is 143 Å². The molecule has 0 radical (unpaired) electrons. The molecule has 13 rings (SSSR count). The van der Waals surface area contributed by atoms with E-state index < -0.39 is 47.4 Å². The average Bonchev–Trinajstić information content (AvgIpc) is 1.55. The van der Waals surface area contributed by atoms with E-state index >= 15 is 0 Å². The van der Waals surface area contributed by atoms with Gasteiger partial charge in [0.2, 0.25) is 10.9 Å². The molecule has 100 heavy (non-hydrogen) atoms. The molecule has 4 aromatic heterocycles. The van der Waals surface area contributed by atoms with Crippen LogP contribution in [0.15, 0.2) is 214 Å². The van der Waals surface area contributed by atoms with Gasteiger partial charge >= 0.3 is 24.8 Å². The van der Waals surface area contributed by atoms with Gasteiger partial charge in [-0.1, -0.05) is 231 Å². The fourth-order valence-corrected chi connectivity index (χ4v) is 12.7. The molecule has 3 saturated heterocycles. The molecule has 7 heterocycles. The van der Waals surface area contributed by atoms with Crippen molar-refractivity contribution in [1.82, 2.24) is 39.2 Å². The molecule has 19 nitrogen and oxygen atoms in total. The summed E-state index contributed by atoms with van der Waals surface area (Å²) in [7, 11) is 0. The largest absolute Gasteiger partial charge is 1.00 e. The number of nitrogens with zero attached hydrogens (tertiary/aromatic N) is 7. The fourth-order valence-electron chi connectivity index (χ4n) is 10.8. The number of aromatic amines is 1. The normalized spacial score (nSPS) is 20.6. The van der Waals surface area contributed by atoms with Crippen molar-refractivity contribution in [3.8, 4) is 0 Å². The Balaban J connectivity index is 0.000000198. The first-order valence-corrected chi connectivity index (χ1v) is 37.5. The van der Waals surface area contributed by atoms with Crippen LogP contribution in [0.5, 0.6) is 0 Å². The van der Waals surface area contributed by atoms with E-state index in [1.54, 1.807) is 28.3 Å². The number of thioether (sulfide) groups is 3. The quantitative estimate of drug-likeness (QED) is 0.0179. The third-order valence-corrected chi connectivity index (χ3v) is 18.8. The van der Waals surface area contributed by atoms with Gasteiger partial charge in [0.1, 0.15) is 33.6 Å². The Kier molecular flexibility index (Phi) is 32.3. The van der Waals surface area contributed by atoms with Crippen molar-refractivity contribution in [3.63, 3.8) is 0 Å². The molecule has 3 fully saturated rings. The summed E-state index contributed by atoms with van der Waals surface area (Å²) in [5.41, 5.74) is 4.87. The van der Waals surface area contributed by atoms with E-state index in [1.807, 2.05) is 208 Å². The molecule has 7 atom stereocenters. The second kappa shape index (κ2) is 40.7. The number of carbonyl (C=O) groups excluding carboxylic acids is 1. The molecule has 3 aliphatic rings. The van der Waals surface area contributed by atoms with Gasteiger partial charge in [-0.3, -0.25) is 5.10 Å². The number of carbonyl (C=O) groups is 1. The van der Waals surface area contributed by atoms with Crippen LogP contribution >= 0.6 is 63.4 Å². The van der Waals surface area contributed by atoms with Crippen molar-refractivity contribution < 1.29 is 71.4 Å². The minimum Gasteiger partial charge on any atom is -0.455 e. The first-order chi connectivity index (χ1) is 48.2. The SMILES string of the molecule is C1CCOC1.CSc1nc(=S)c2ncc(Br)n2[nH]1.CSc1nc(SC)c2ncc(C3(O)O[C@H](COCc4ccccc4)[C@@H](OCc4ccccc4)[C@@]3(C)OCc3ccccc3)n2n1.C[C@]1(OCc2ccccc2)C(=O)O[C@H](COCc2ccccc2)[C@H]1OCc1ccccc1.[CH2-]CCC.[Li+]. The van der Waals surface area contributed by atoms with Crippen LogP contribution < -0.4 is 18.9 Å². The first-order valence-electron chi connectivity index (χ1n) is 32.6. The number of ether oxygens (including phenoxy) is 9. The Bertz CT molecular complexity index is 4080. The van der Waals surface area contributed by atoms with Crippen LogP contribution in [0, 0.1) is 11.6 Å². The number of hydrogen-bond donors (Lipinski definition) is 2. The molecule has 25 heteroatoms. The Morgan fingerprint density at radius 2 is 1.09 bits per heavy atom. The minimum atomic E-state index is -2.02. The first kappa shape index (κ1) is 79.6. The summed E-state index contributed by atoms with van der Waals surface area (Å²) in [5, 5.41) is 22.6. The topological polar surface area (TPSA) is 209 Å². The smallest absolute Gasteiger partial charge is 0.455 e. The minimum absolute atomic E-state index is 0. The van der Waals surface area contributed by atoms with Crippen molar-refractivity contribution in [3.05, 3.63) is 250 Å². The molecule has 6 aromatic carbocycles. The zero-order valence-electron chi connectivity index (χ0n) is 57.6. The molecular weight excluding hydrogens is 1400 g/mol. The number of benzene rings is 6. The van der Waals surface area contributed by atoms with Crippen LogP contribution in [0.2, 0.25) is 0 Å². The van der Waals surface area contributed by atoms with Gasteiger partial charge < -0.3 is 54.7 Å². The summed E-state index contributed by atoms with van der Waals surface area (Å²) in [4.78, 5) is 30.4. The third-order valence-electron chi connectivity index (χ3n) is 16.2. The van der Waals surface area contributed by atoms with Crippen LogP contribution in [0.3, 0.4) is 0 Å². The molecule has 10 aromatic rings. The van der Waals surface area contributed by atoms with E-state index in [2.05, 4.69) is 54.8 Å². The standard InChI is InChI=1S/C34H36N4O5S2.C27H28O5.C6H5BrN4S2.C4H8O.C4H9.Li/c1-33(42-22-26-17-11-6-12-18-26)29(41-21-25-15-9-5-10-16-25)27(23-40-20-24-13-7-4-8-14-24)43-34(33,39)28-19-35-30-31(44-2)36-32(45-3)37-38(28)30;1-27(31-19-23-15-9-4-10-16-23)25(30-18-22-13-7-3-8-14-22)24(32-26(27)28)20-29-17-21-11-5-2-6-12-21;1-13-6-9-5(12)4-8-2-3(7)11(4)10-6;1-2-4-5-3-1;1-3-4-2;/h4-19,27,29,39H,20-23H2,1-3H3;2-16,24-25H,17-20H2,1H3;2H,1H3,(H,9,10,12);1-4H2;1,3-4H2,2H3;/q;;;;-1;+1/t27-,29-,33-,34?;24-,25-,27-;;;;/m11..../s1. The molecule has 3 aliphatic heterocycles. The summed E-state index contributed by atoms with van der Waals surface area (Å²) in [5.74, 6) is -2.46. The predicted octanol–water partition coefficient (Wildman–Crippen LogP) is 12.3. The third kappa shape index (κ3) is 21.5. The Morgan fingerprint density at radius 3 is 1.55 bits per heavy atom. The monoisotopic (exact) mass is 1490 g/mol. The van der Waals surface area contributed by atoms with Gasteiger partial charge in [0.25, 0.3) is 0 Å². The number of H-pyrrole nitrogens is 1. The summed E-state index contributed by atoms with van der Waals surface area (Å²) >= 11 is 12.8. The fraction of sp³-hybridized carbons (Fsp3) is 0.360. The van der Waals surface area contributed by atoms with Crippen molar-refractivity contribution in [2.75, 3.05) is 45.2 Å². The van der Waals surface area contributed by atoms with E-state index in [1.165, 1.54) is 54.5 Å². The van der Waals surface area contributed by atoms with Crippen LogP contribution in [0.4, 0.5) is 0 Å². The molecule has 2 N–H and O–H groups in total. The summed E-state index contributed by atoms with van der Waals surface area (Å²) in [6.45, 7) is 13.6.